The van der Waals surface area contributed by atoms with Crippen LogP contribution in [0.4, 0.5) is 0 Å². The standard InChI is InChI=1S/C10H6N2O3/c1-15-6-4-2-3-5-7(6)10(14)8(12-11)9(5)13/h2-4H,1H3. The molecule has 0 amide bonds. The molecule has 2 aromatic carbocycles. The summed E-state index contributed by atoms with van der Waals surface area (Å²) in [6.45, 7) is 0. The first kappa shape index (κ1) is 9.30. The van der Waals surface area contributed by atoms with Gasteiger partial charge in [0.15, 0.2) is 0 Å². The second kappa shape index (κ2) is 3.15. The van der Waals surface area contributed by atoms with Gasteiger partial charge in [-0.05, 0) is 12.1 Å². The minimum absolute atomic E-state index is 0.165. The Morgan fingerprint density at radius 1 is 1.27 bits per heavy atom. The first-order valence-electron chi connectivity index (χ1n) is 4.19. The Morgan fingerprint density at radius 2 is 2.00 bits per heavy atom. The molecule has 74 valence electrons. The number of hydrogen-bond donors (Lipinski definition) is 0. The Morgan fingerprint density at radius 3 is 2.60 bits per heavy atom. The molecule has 0 saturated heterocycles. The predicted molar refractivity (Wildman–Crippen MR) is 52.2 cm³/mol. The van der Waals surface area contributed by atoms with Crippen molar-refractivity contribution in [3.8, 4) is 5.75 Å². The minimum atomic E-state index is -0.602. The molecule has 0 radical (unpaired) electrons. The van der Waals surface area contributed by atoms with Crippen molar-refractivity contribution in [2.45, 2.75) is 0 Å². The SMILES string of the molecule is COc1cccc2c(=O)c(=[N+]=[N-])c(=O)c12. The fraction of sp³-hybridized carbons (Fsp3) is 0.100. The normalized spacial score (nSPS) is 10.2. The van der Waals surface area contributed by atoms with Gasteiger partial charge in [0.05, 0.1) is 12.5 Å². The summed E-state index contributed by atoms with van der Waals surface area (Å²) in [5, 5.41) is -0.0838. The highest BCUT2D eigenvalue weighted by Gasteiger charge is 2.19. The van der Waals surface area contributed by atoms with Gasteiger partial charge in [0, 0.05) is 5.39 Å². The van der Waals surface area contributed by atoms with Crippen molar-refractivity contribution in [1.82, 2.24) is 0 Å². The maximum Gasteiger partial charge on any atom is 0.410 e. The molecule has 0 aliphatic carbocycles. The lowest BCUT2D eigenvalue weighted by atomic mass is 10.2. The van der Waals surface area contributed by atoms with Crippen molar-refractivity contribution >= 4 is 10.8 Å². The van der Waals surface area contributed by atoms with Crippen LogP contribution in [0.3, 0.4) is 0 Å². The van der Waals surface area contributed by atoms with Crippen LogP contribution in [0.15, 0.2) is 27.8 Å². The highest BCUT2D eigenvalue weighted by molar-refractivity contribution is 5.88. The van der Waals surface area contributed by atoms with Gasteiger partial charge in [0.1, 0.15) is 5.75 Å². The molecule has 0 aliphatic rings. The molecule has 0 aliphatic heterocycles. The van der Waals surface area contributed by atoms with Gasteiger partial charge in [-0.1, -0.05) is 6.07 Å². The Labute approximate surface area is 83.5 Å². The second-order valence-electron chi connectivity index (χ2n) is 2.99. The number of rotatable bonds is 1. The maximum atomic E-state index is 11.6. The molecule has 2 aromatic rings. The molecule has 5 nitrogen and oxygen atoms in total. The first-order valence-corrected chi connectivity index (χ1v) is 4.19. The van der Waals surface area contributed by atoms with E-state index in [2.05, 4.69) is 4.79 Å². The van der Waals surface area contributed by atoms with Crippen molar-refractivity contribution in [3.63, 3.8) is 0 Å². The van der Waals surface area contributed by atoms with Gasteiger partial charge in [-0.25, -0.2) is 0 Å². The average Bonchev–Trinajstić information content (AvgIpc) is 2.51. The van der Waals surface area contributed by atoms with Crippen LogP contribution in [-0.4, -0.2) is 11.9 Å². The van der Waals surface area contributed by atoms with Crippen LogP contribution in [-0.2, 0) is 0 Å². The number of hydrogen-bond acceptors (Lipinski definition) is 3. The third kappa shape index (κ3) is 1.11. The van der Waals surface area contributed by atoms with E-state index in [0.717, 1.165) is 0 Å². The van der Waals surface area contributed by atoms with Crippen molar-refractivity contribution in [2.75, 3.05) is 7.11 Å². The molecule has 0 N–H and O–H groups in total. The molecular weight excluding hydrogens is 196 g/mol. The Bertz CT molecular complexity index is 705. The quantitative estimate of drug-likeness (QED) is 0.465. The summed E-state index contributed by atoms with van der Waals surface area (Å²) in [5.41, 5.74) is 7.37. The van der Waals surface area contributed by atoms with Gasteiger partial charge in [0.25, 0.3) is 10.9 Å². The van der Waals surface area contributed by atoms with Crippen LogP contribution in [0.25, 0.3) is 16.3 Å². The predicted octanol–water partition coefficient (Wildman–Crippen LogP) is -0.425. The molecule has 0 bridgehead atoms. The summed E-state index contributed by atoms with van der Waals surface area (Å²) in [7, 11) is 1.40. The topological polar surface area (TPSA) is 79.8 Å². The number of nitrogens with zero attached hydrogens (tertiary/aromatic N) is 2. The van der Waals surface area contributed by atoms with Gasteiger partial charge in [0.2, 0.25) is 0 Å². The lowest BCUT2D eigenvalue weighted by molar-refractivity contribution is -0.0674. The number of ether oxygens (including phenoxy) is 1. The second-order valence-corrected chi connectivity index (χ2v) is 2.99. The van der Waals surface area contributed by atoms with Crippen molar-refractivity contribution < 1.29 is 9.53 Å². The maximum absolute atomic E-state index is 11.6. The molecular formula is C10H6N2O3. The van der Waals surface area contributed by atoms with Gasteiger partial charge >= 0.3 is 5.36 Å². The molecule has 0 spiro atoms. The van der Waals surface area contributed by atoms with E-state index in [9.17, 15) is 9.59 Å². The van der Waals surface area contributed by atoms with Crippen LogP contribution in [0.2, 0.25) is 0 Å². The molecule has 0 unspecified atom stereocenters. The highest BCUT2D eigenvalue weighted by Crippen LogP contribution is 2.18. The van der Waals surface area contributed by atoms with Gasteiger partial charge in [-0.2, -0.15) is 4.79 Å². The zero-order valence-electron chi connectivity index (χ0n) is 7.85. The van der Waals surface area contributed by atoms with E-state index < -0.39 is 16.2 Å². The molecule has 0 heterocycles. The third-order valence-electron chi connectivity index (χ3n) is 2.25. The van der Waals surface area contributed by atoms with Gasteiger partial charge in [-0.15, -0.1) is 0 Å². The molecule has 0 fully saturated rings. The van der Waals surface area contributed by atoms with Crippen molar-refractivity contribution in [1.29, 1.82) is 0 Å². The zero-order valence-corrected chi connectivity index (χ0v) is 7.85. The summed E-state index contributed by atoms with van der Waals surface area (Å²) in [4.78, 5) is 25.9. The van der Waals surface area contributed by atoms with E-state index >= 15 is 0 Å². The van der Waals surface area contributed by atoms with Crippen LogP contribution in [0.5, 0.6) is 5.75 Å². The molecule has 0 atom stereocenters. The molecule has 0 aromatic heterocycles. The first-order chi connectivity index (χ1) is 7.20. The number of methoxy groups -OCH3 is 1. The van der Waals surface area contributed by atoms with E-state index in [0.29, 0.717) is 5.75 Å². The summed E-state index contributed by atoms with van der Waals surface area (Å²) in [6, 6.07) is 4.67. The molecule has 15 heavy (non-hydrogen) atoms. The van der Waals surface area contributed by atoms with Gasteiger partial charge < -0.3 is 10.3 Å². The van der Waals surface area contributed by atoms with E-state index in [4.69, 9.17) is 10.3 Å². The van der Waals surface area contributed by atoms with Crippen LogP contribution in [0, 0.1) is 0 Å². The van der Waals surface area contributed by atoms with Crippen LogP contribution in [0.1, 0.15) is 0 Å². The number of benzene rings is 1. The van der Waals surface area contributed by atoms with E-state index in [1.54, 1.807) is 12.1 Å². The Hall–Kier alpha value is -2.26. The lowest BCUT2D eigenvalue weighted by Gasteiger charge is -1.97. The largest absolute Gasteiger partial charge is 0.496 e. The fourth-order valence-electron chi connectivity index (χ4n) is 1.56. The van der Waals surface area contributed by atoms with E-state index in [1.807, 2.05) is 0 Å². The average molecular weight is 202 g/mol. The fourth-order valence-corrected chi connectivity index (χ4v) is 1.56. The molecule has 5 heteroatoms. The zero-order chi connectivity index (χ0) is 11.0. The molecule has 2 rings (SSSR count). The highest BCUT2D eigenvalue weighted by atomic mass is 16.5. The summed E-state index contributed by atoms with van der Waals surface area (Å²) in [5.74, 6) is 0.310. The summed E-state index contributed by atoms with van der Waals surface area (Å²) < 4.78 is 4.96. The Balaban J connectivity index is 3.25. The summed E-state index contributed by atoms with van der Waals surface area (Å²) in [6.07, 6.45) is 0. The van der Waals surface area contributed by atoms with Crippen molar-refractivity contribution in [3.05, 3.63) is 49.5 Å². The minimum Gasteiger partial charge on any atom is -0.496 e. The van der Waals surface area contributed by atoms with Crippen LogP contribution < -0.4 is 21.0 Å². The van der Waals surface area contributed by atoms with Crippen LogP contribution >= 0.6 is 0 Å². The van der Waals surface area contributed by atoms with Crippen molar-refractivity contribution in [2.24, 2.45) is 0 Å². The van der Waals surface area contributed by atoms with Gasteiger partial charge in [-0.3, -0.25) is 9.59 Å². The lowest BCUT2D eigenvalue weighted by Crippen LogP contribution is -2.32. The smallest absolute Gasteiger partial charge is 0.410 e. The van der Waals surface area contributed by atoms with E-state index in [-0.39, 0.29) is 10.8 Å². The third-order valence-corrected chi connectivity index (χ3v) is 2.25. The summed E-state index contributed by atoms with van der Waals surface area (Å²) >= 11 is 0. The Kier molecular flexibility index (Phi) is 1.95. The van der Waals surface area contributed by atoms with E-state index in [1.165, 1.54) is 13.2 Å². The molecule has 0 saturated carbocycles. The number of fused-ring (bicyclic) bond motifs is 1. The monoisotopic (exact) mass is 202 g/mol.